The molecule has 0 fully saturated rings. The maximum absolute atomic E-state index is 9.96. The third-order valence-corrected chi connectivity index (χ3v) is 13.4. The average molecular weight is 827 g/mol. The van der Waals surface area contributed by atoms with Crippen LogP contribution in [0.2, 0.25) is 0 Å². The van der Waals surface area contributed by atoms with Gasteiger partial charge in [0.15, 0.2) is 0 Å². The summed E-state index contributed by atoms with van der Waals surface area (Å²) in [6, 6.07) is 74.0. The van der Waals surface area contributed by atoms with E-state index in [2.05, 4.69) is 214 Å². The van der Waals surface area contributed by atoms with Crippen LogP contribution in [0.15, 0.2) is 205 Å². The minimum Gasteiger partial charge on any atom is -0.455 e. The fourth-order valence-electron chi connectivity index (χ4n) is 9.07. The van der Waals surface area contributed by atoms with E-state index in [1.807, 2.05) is 18.2 Å². The topological polar surface area (TPSA) is 40.2 Å². The van der Waals surface area contributed by atoms with E-state index in [0.29, 0.717) is 5.56 Å². The molecule has 0 radical (unpaired) electrons. The van der Waals surface area contributed by atoms with Gasteiger partial charge in [-0.25, -0.2) is 0 Å². The smallest absolute Gasteiger partial charge is 0.143 e. The average Bonchev–Trinajstić information content (AvgIpc) is 3.90. The monoisotopic (exact) mass is 826 g/mol. The van der Waals surface area contributed by atoms with Gasteiger partial charge in [-0.1, -0.05) is 154 Å². The molecule has 0 saturated heterocycles. The maximum Gasteiger partial charge on any atom is 0.143 e. The van der Waals surface area contributed by atoms with Crippen molar-refractivity contribution in [2.75, 3.05) is 4.90 Å². The van der Waals surface area contributed by atoms with E-state index in [-0.39, 0.29) is 5.41 Å². The molecule has 2 heterocycles. The van der Waals surface area contributed by atoms with E-state index in [4.69, 9.17) is 4.42 Å². The lowest BCUT2D eigenvalue weighted by atomic mass is 9.84. The molecule has 0 unspecified atom stereocenters. The van der Waals surface area contributed by atoms with Gasteiger partial charge in [0.25, 0.3) is 0 Å². The van der Waals surface area contributed by atoms with Crippen molar-refractivity contribution in [3.05, 3.63) is 211 Å². The molecule has 0 aliphatic carbocycles. The molecule has 9 aromatic carbocycles. The highest BCUT2D eigenvalue weighted by molar-refractivity contribution is 7.25. The van der Waals surface area contributed by atoms with Crippen molar-refractivity contribution in [2.24, 2.45) is 0 Å². The molecule has 2 aromatic heterocycles. The van der Waals surface area contributed by atoms with E-state index < -0.39 is 0 Å². The summed E-state index contributed by atoms with van der Waals surface area (Å²) in [4.78, 5) is 2.45. The van der Waals surface area contributed by atoms with Crippen molar-refractivity contribution in [1.82, 2.24) is 0 Å². The number of nitriles is 1. The molecule has 0 aliphatic rings. The van der Waals surface area contributed by atoms with Crippen LogP contribution >= 0.6 is 11.3 Å². The van der Waals surface area contributed by atoms with Crippen molar-refractivity contribution < 1.29 is 4.42 Å². The minimum atomic E-state index is -0.141. The van der Waals surface area contributed by atoms with Gasteiger partial charge in [-0.3, -0.25) is 0 Å². The summed E-state index contributed by atoms with van der Waals surface area (Å²) in [6.07, 6.45) is 0. The molecule has 0 N–H and O–H groups in total. The number of benzene rings is 9. The minimum absolute atomic E-state index is 0.141. The van der Waals surface area contributed by atoms with Crippen molar-refractivity contribution in [2.45, 2.75) is 26.2 Å². The van der Waals surface area contributed by atoms with Crippen molar-refractivity contribution in [3.8, 4) is 50.6 Å². The molecule has 4 heteroatoms. The molecule has 300 valence electrons. The summed E-state index contributed by atoms with van der Waals surface area (Å²) in [7, 11) is 0. The van der Waals surface area contributed by atoms with Crippen LogP contribution in [0.3, 0.4) is 0 Å². The molecule has 11 aromatic rings. The molecule has 63 heavy (non-hydrogen) atoms. The Morgan fingerprint density at radius 1 is 0.476 bits per heavy atom. The Bertz CT molecular complexity index is 3570. The lowest BCUT2D eigenvalue weighted by molar-refractivity contribution is 0.590. The number of nitrogens with zero attached hydrogens (tertiary/aromatic N) is 2. The van der Waals surface area contributed by atoms with Gasteiger partial charge in [-0.2, -0.15) is 5.26 Å². The van der Waals surface area contributed by atoms with Crippen LogP contribution in [-0.4, -0.2) is 0 Å². The number of hydrogen-bond donors (Lipinski definition) is 0. The standard InChI is InChI=1S/C59H42N2OS/c1-59(2,3)44-33-43(40-17-8-5-9-18-40)34-46(35-44)61(45-28-30-56-52(36-45)51-31-38(37-60)27-29-55(51)63-56)53-25-14-22-48(50-24-13-23-49-47-21-10-11-26-54(47)62-58(49)50)57(53)42-20-12-19-41(32-42)39-15-6-4-7-16-39/h4-36H,1-3H3. The Kier molecular flexibility index (Phi) is 9.30. The third-order valence-electron chi connectivity index (χ3n) is 12.2. The first-order chi connectivity index (χ1) is 30.8. The van der Waals surface area contributed by atoms with E-state index in [9.17, 15) is 5.26 Å². The van der Waals surface area contributed by atoms with Crippen molar-refractivity contribution >= 4 is 70.5 Å². The second-order valence-corrected chi connectivity index (χ2v) is 18.3. The number of anilines is 3. The Hall–Kier alpha value is -7.71. The molecule has 0 saturated carbocycles. The molecule has 0 spiro atoms. The quantitative estimate of drug-likeness (QED) is 0.161. The number of hydrogen-bond acceptors (Lipinski definition) is 4. The van der Waals surface area contributed by atoms with Crippen molar-refractivity contribution in [1.29, 1.82) is 5.26 Å². The third kappa shape index (κ3) is 6.84. The van der Waals surface area contributed by atoms with Gasteiger partial charge >= 0.3 is 0 Å². The highest BCUT2D eigenvalue weighted by Crippen LogP contribution is 2.50. The molecule has 0 bridgehead atoms. The largest absolute Gasteiger partial charge is 0.455 e. The second-order valence-electron chi connectivity index (χ2n) is 17.3. The molecule has 3 nitrogen and oxygen atoms in total. The first-order valence-electron chi connectivity index (χ1n) is 21.4. The number of para-hydroxylation sites is 2. The van der Waals surface area contributed by atoms with Crippen molar-refractivity contribution in [3.63, 3.8) is 0 Å². The van der Waals surface area contributed by atoms with Gasteiger partial charge < -0.3 is 9.32 Å². The molecule has 11 rings (SSSR count). The fraction of sp³-hybridized carbons (Fsp3) is 0.0678. The van der Waals surface area contributed by atoms with Crippen LogP contribution in [0.4, 0.5) is 17.1 Å². The Balaban J connectivity index is 1.25. The van der Waals surface area contributed by atoms with Crippen LogP contribution in [0.1, 0.15) is 31.9 Å². The lowest BCUT2D eigenvalue weighted by Crippen LogP contribution is -2.16. The van der Waals surface area contributed by atoms with Crippen LogP contribution in [0, 0.1) is 11.3 Å². The fourth-order valence-corrected chi connectivity index (χ4v) is 10.1. The summed E-state index contributed by atoms with van der Waals surface area (Å²) in [5, 5.41) is 14.4. The van der Waals surface area contributed by atoms with Crippen LogP contribution in [-0.2, 0) is 5.41 Å². The van der Waals surface area contributed by atoms with Gasteiger partial charge in [0.2, 0.25) is 0 Å². The Labute approximate surface area is 371 Å². The van der Waals surface area contributed by atoms with E-state index in [1.54, 1.807) is 11.3 Å². The van der Waals surface area contributed by atoms with E-state index in [0.717, 1.165) is 99.0 Å². The number of rotatable bonds is 7. The molecule has 0 atom stereocenters. The van der Waals surface area contributed by atoms with Gasteiger partial charge in [0, 0.05) is 53.4 Å². The number of thiophene rings is 1. The first-order valence-corrected chi connectivity index (χ1v) is 22.2. The SMILES string of the molecule is CC(C)(C)c1cc(-c2ccccc2)cc(N(c2ccc3sc4ccc(C#N)cc4c3c2)c2cccc(-c3cccc4c3oc3ccccc34)c2-c2cccc(-c3ccccc3)c2)c1. The summed E-state index contributed by atoms with van der Waals surface area (Å²) < 4.78 is 9.11. The summed E-state index contributed by atoms with van der Waals surface area (Å²) in [5.41, 5.74) is 15.5. The lowest BCUT2D eigenvalue weighted by Gasteiger charge is -2.31. The molecule has 0 aliphatic heterocycles. The predicted molar refractivity (Wildman–Crippen MR) is 266 cm³/mol. The zero-order valence-corrected chi connectivity index (χ0v) is 36.1. The Morgan fingerprint density at radius 2 is 1.11 bits per heavy atom. The van der Waals surface area contributed by atoms with Crippen LogP contribution < -0.4 is 4.90 Å². The summed E-state index contributed by atoms with van der Waals surface area (Å²) in [6.45, 7) is 6.87. The molecular weight excluding hydrogens is 785 g/mol. The maximum atomic E-state index is 9.96. The zero-order valence-electron chi connectivity index (χ0n) is 35.3. The molecular formula is C59H42N2OS. The molecule has 0 amide bonds. The highest BCUT2D eigenvalue weighted by Gasteiger charge is 2.26. The summed E-state index contributed by atoms with van der Waals surface area (Å²) in [5.74, 6) is 0. The first kappa shape index (κ1) is 38.2. The summed E-state index contributed by atoms with van der Waals surface area (Å²) >= 11 is 1.76. The Morgan fingerprint density at radius 3 is 1.89 bits per heavy atom. The van der Waals surface area contributed by atoms with Gasteiger partial charge in [0.05, 0.1) is 17.3 Å². The predicted octanol–water partition coefficient (Wildman–Crippen LogP) is 17.3. The van der Waals surface area contributed by atoms with Crippen LogP contribution in [0.5, 0.6) is 0 Å². The number of fused-ring (bicyclic) bond motifs is 6. The second kappa shape index (κ2) is 15.3. The van der Waals surface area contributed by atoms with E-state index in [1.165, 1.54) is 10.3 Å². The number of furan rings is 1. The highest BCUT2D eigenvalue weighted by atomic mass is 32.1. The van der Waals surface area contributed by atoms with Crippen LogP contribution in [0.25, 0.3) is 86.6 Å². The normalized spacial score (nSPS) is 11.7. The van der Waals surface area contributed by atoms with E-state index >= 15 is 0 Å². The van der Waals surface area contributed by atoms with Gasteiger partial charge in [-0.15, -0.1) is 11.3 Å². The zero-order chi connectivity index (χ0) is 42.7. The van der Waals surface area contributed by atoms with Gasteiger partial charge in [-0.05, 0) is 111 Å². The van der Waals surface area contributed by atoms with Gasteiger partial charge in [0.1, 0.15) is 11.2 Å².